The second-order valence-corrected chi connectivity index (χ2v) is 6.76. The maximum absolute atomic E-state index is 12.8. The summed E-state index contributed by atoms with van der Waals surface area (Å²) in [5.74, 6) is 1.20. The van der Waals surface area contributed by atoms with Gasteiger partial charge in [0.25, 0.3) is 5.91 Å². The Morgan fingerprint density at radius 3 is 2.64 bits per heavy atom. The Balaban J connectivity index is 1.53. The van der Waals surface area contributed by atoms with Crippen LogP contribution in [0, 0.1) is 6.92 Å². The first-order chi connectivity index (χ1) is 13.7. The highest BCUT2D eigenvalue weighted by atomic mass is 16.2. The number of amides is 1. The van der Waals surface area contributed by atoms with Crippen molar-refractivity contribution in [3.63, 3.8) is 0 Å². The normalized spacial score (nSPS) is 15.0. The van der Waals surface area contributed by atoms with Gasteiger partial charge in [0.2, 0.25) is 0 Å². The molecule has 6 heteroatoms. The van der Waals surface area contributed by atoms with E-state index in [4.69, 9.17) is 0 Å². The second-order valence-electron chi connectivity index (χ2n) is 6.76. The molecule has 0 radical (unpaired) electrons. The molecule has 1 N–H and O–H groups in total. The molecule has 1 amide bonds. The van der Waals surface area contributed by atoms with Crippen LogP contribution in [0.1, 0.15) is 21.9 Å². The van der Waals surface area contributed by atoms with Crippen LogP contribution >= 0.6 is 0 Å². The van der Waals surface area contributed by atoms with Gasteiger partial charge in [-0.15, -0.1) is 6.58 Å². The minimum atomic E-state index is -0.0355. The summed E-state index contributed by atoms with van der Waals surface area (Å²) in [5.41, 5.74) is 1.65. The predicted molar refractivity (Wildman–Crippen MR) is 113 cm³/mol. The van der Waals surface area contributed by atoms with Crippen molar-refractivity contribution in [1.29, 1.82) is 0 Å². The lowest BCUT2D eigenvalue weighted by molar-refractivity contribution is 0.0644. The fourth-order valence-electron chi connectivity index (χ4n) is 3.14. The van der Waals surface area contributed by atoms with Gasteiger partial charge in [0.1, 0.15) is 17.3 Å². The lowest BCUT2D eigenvalue weighted by atomic mass is 10.2. The Morgan fingerprint density at radius 2 is 1.93 bits per heavy atom. The summed E-state index contributed by atoms with van der Waals surface area (Å²) in [7, 11) is 0. The molecule has 0 unspecified atom stereocenters. The van der Waals surface area contributed by atoms with Crippen LogP contribution in [0.3, 0.4) is 0 Å². The SMILES string of the molecule is C=CCNc1cc(C(=O)N2CCN(C/C=C/c3ccccc3)CC2)nc(C)n1. The van der Waals surface area contributed by atoms with Gasteiger partial charge in [-0.05, 0) is 12.5 Å². The van der Waals surface area contributed by atoms with Gasteiger partial charge in [0.15, 0.2) is 0 Å². The van der Waals surface area contributed by atoms with Crippen LogP contribution in [0.4, 0.5) is 5.82 Å². The number of nitrogens with one attached hydrogen (secondary N) is 1. The van der Waals surface area contributed by atoms with Gasteiger partial charge >= 0.3 is 0 Å². The van der Waals surface area contributed by atoms with Crippen molar-refractivity contribution in [3.05, 3.63) is 72.2 Å². The third-order valence-electron chi connectivity index (χ3n) is 4.62. The number of anilines is 1. The molecular weight excluding hydrogens is 350 g/mol. The maximum Gasteiger partial charge on any atom is 0.272 e. The van der Waals surface area contributed by atoms with E-state index in [9.17, 15) is 4.79 Å². The van der Waals surface area contributed by atoms with Gasteiger partial charge in [0.05, 0.1) is 0 Å². The van der Waals surface area contributed by atoms with Crippen molar-refractivity contribution in [2.75, 3.05) is 44.6 Å². The van der Waals surface area contributed by atoms with Crippen LogP contribution in [-0.4, -0.2) is 64.9 Å². The number of aryl methyl sites for hydroxylation is 1. The number of hydrogen-bond donors (Lipinski definition) is 1. The van der Waals surface area contributed by atoms with Gasteiger partial charge in [-0.2, -0.15) is 0 Å². The highest BCUT2D eigenvalue weighted by molar-refractivity contribution is 5.93. The quantitative estimate of drug-likeness (QED) is 0.752. The summed E-state index contributed by atoms with van der Waals surface area (Å²) < 4.78 is 0. The molecule has 6 nitrogen and oxygen atoms in total. The number of nitrogens with zero attached hydrogens (tertiary/aromatic N) is 4. The fourth-order valence-corrected chi connectivity index (χ4v) is 3.14. The molecule has 28 heavy (non-hydrogen) atoms. The van der Waals surface area contributed by atoms with Gasteiger partial charge in [0, 0.05) is 45.3 Å². The van der Waals surface area contributed by atoms with Crippen molar-refractivity contribution < 1.29 is 4.79 Å². The smallest absolute Gasteiger partial charge is 0.272 e. The number of rotatable bonds is 7. The first kappa shape index (κ1) is 19.8. The van der Waals surface area contributed by atoms with E-state index in [0.29, 0.717) is 37.0 Å². The summed E-state index contributed by atoms with van der Waals surface area (Å²) in [6, 6.07) is 12.0. The molecule has 2 heterocycles. The van der Waals surface area contributed by atoms with Crippen LogP contribution in [0.25, 0.3) is 6.08 Å². The van der Waals surface area contributed by atoms with Crippen LogP contribution in [-0.2, 0) is 0 Å². The number of carbonyl (C=O) groups is 1. The van der Waals surface area contributed by atoms with E-state index < -0.39 is 0 Å². The highest BCUT2D eigenvalue weighted by Crippen LogP contribution is 2.12. The Hall–Kier alpha value is -2.99. The monoisotopic (exact) mass is 377 g/mol. The molecule has 0 atom stereocenters. The van der Waals surface area contributed by atoms with E-state index in [1.165, 1.54) is 5.56 Å². The molecule has 1 aliphatic heterocycles. The van der Waals surface area contributed by atoms with Gasteiger partial charge in [-0.25, -0.2) is 9.97 Å². The average Bonchev–Trinajstić information content (AvgIpc) is 2.72. The highest BCUT2D eigenvalue weighted by Gasteiger charge is 2.23. The van der Waals surface area contributed by atoms with E-state index in [1.54, 1.807) is 19.1 Å². The molecule has 0 aliphatic carbocycles. The first-order valence-electron chi connectivity index (χ1n) is 9.59. The molecule has 2 aromatic rings. The standard InChI is InChI=1S/C22H27N5O/c1-3-11-23-21-17-20(24-18(2)25-21)22(28)27-15-13-26(14-16-27)12-7-10-19-8-5-4-6-9-19/h3-10,17H,1,11-16H2,2H3,(H,23,24,25)/b10-7+. The van der Waals surface area contributed by atoms with Crippen molar-refractivity contribution in [3.8, 4) is 0 Å². The van der Waals surface area contributed by atoms with Crippen molar-refractivity contribution in [2.24, 2.45) is 0 Å². The minimum absolute atomic E-state index is 0.0355. The number of carbonyl (C=O) groups excluding carboxylic acids is 1. The zero-order chi connectivity index (χ0) is 19.8. The Kier molecular flexibility index (Phi) is 6.92. The molecule has 1 aliphatic rings. The molecule has 3 rings (SSSR count). The second kappa shape index (κ2) is 9.80. The Morgan fingerprint density at radius 1 is 1.18 bits per heavy atom. The summed E-state index contributed by atoms with van der Waals surface area (Å²) in [4.78, 5) is 25.7. The third kappa shape index (κ3) is 5.50. The van der Waals surface area contributed by atoms with Crippen LogP contribution in [0.15, 0.2) is 55.1 Å². The molecule has 0 spiro atoms. The van der Waals surface area contributed by atoms with Crippen molar-refractivity contribution >= 4 is 17.8 Å². The van der Waals surface area contributed by atoms with Crippen LogP contribution in [0.5, 0.6) is 0 Å². The lowest BCUT2D eigenvalue weighted by Crippen LogP contribution is -2.48. The number of piperazine rings is 1. The van der Waals surface area contributed by atoms with Crippen LogP contribution < -0.4 is 5.32 Å². The number of aromatic nitrogens is 2. The Labute approximate surface area is 166 Å². The third-order valence-corrected chi connectivity index (χ3v) is 4.62. The Bertz CT molecular complexity index is 826. The zero-order valence-corrected chi connectivity index (χ0v) is 16.3. The molecule has 1 fully saturated rings. The molecule has 1 aromatic carbocycles. The number of hydrogen-bond acceptors (Lipinski definition) is 5. The fraction of sp³-hybridized carbons (Fsp3) is 0.318. The topological polar surface area (TPSA) is 61.4 Å². The molecule has 1 aromatic heterocycles. The summed E-state index contributed by atoms with van der Waals surface area (Å²) >= 11 is 0. The van der Waals surface area contributed by atoms with E-state index >= 15 is 0 Å². The van der Waals surface area contributed by atoms with Gasteiger partial charge in [-0.3, -0.25) is 9.69 Å². The summed E-state index contributed by atoms with van der Waals surface area (Å²) in [5, 5.41) is 3.12. The minimum Gasteiger partial charge on any atom is -0.366 e. The maximum atomic E-state index is 12.8. The number of benzene rings is 1. The van der Waals surface area contributed by atoms with Gasteiger partial charge < -0.3 is 10.2 Å². The van der Waals surface area contributed by atoms with Crippen molar-refractivity contribution in [1.82, 2.24) is 19.8 Å². The van der Waals surface area contributed by atoms with E-state index in [1.807, 2.05) is 23.1 Å². The van der Waals surface area contributed by atoms with Crippen LogP contribution in [0.2, 0.25) is 0 Å². The van der Waals surface area contributed by atoms with Crippen molar-refractivity contribution in [2.45, 2.75) is 6.92 Å². The van der Waals surface area contributed by atoms with Gasteiger partial charge in [-0.1, -0.05) is 48.6 Å². The zero-order valence-electron chi connectivity index (χ0n) is 16.3. The molecule has 0 bridgehead atoms. The summed E-state index contributed by atoms with van der Waals surface area (Å²) in [6.07, 6.45) is 6.07. The molecule has 0 saturated carbocycles. The largest absolute Gasteiger partial charge is 0.366 e. The van der Waals surface area contributed by atoms with E-state index in [-0.39, 0.29) is 5.91 Å². The van der Waals surface area contributed by atoms with E-state index in [2.05, 4.69) is 51.0 Å². The molecular formula is C22H27N5O. The molecule has 1 saturated heterocycles. The predicted octanol–water partition coefficient (Wildman–Crippen LogP) is 2.85. The average molecular weight is 377 g/mol. The molecule has 146 valence electrons. The summed E-state index contributed by atoms with van der Waals surface area (Å²) in [6.45, 7) is 10.1. The van der Waals surface area contributed by atoms with E-state index in [0.717, 1.165) is 19.6 Å². The first-order valence-corrected chi connectivity index (χ1v) is 9.59. The lowest BCUT2D eigenvalue weighted by Gasteiger charge is -2.34.